The number of nitrogens with zero attached hydrogens (tertiary/aromatic N) is 1. The molecule has 0 spiro atoms. The molecule has 0 atom stereocenters. The minimum absolute atomic E-state index is 0.423. The Morgan fingerprint density at radius 1 is 1.18 bits per heavy atom. The number of allylic oxidation sites excluding steroid dienone is 1. The lowest BCUT2D eigenvalue weighted by molar-refractivity contribution is -0.307. The number of nitriles is 1. The van der Waals surface area contributed by atoms with Crippen molar-refractivity contribution < 1.29 is 14.6 Å². The van der Waals surface area contributed by atoms with Crippen molar-refractivity contribution in [3.63, 3.8) is 0 Å². The average molecular weight is 313 g/mol. The number of benzene rings is 2. The fourth-order valence-corrected chi connectivity index (χ4v) is 1.90. The normalized spacial score (nSPS) is 10.8. The smallest absolute Gasteiger partial charge is 0.128 e. The zero-order valence-corrected chi connectivity index (χ0v) is 12.2. The van der Waals surface area contributed by atoms with Gasteiger partial charge in [0.2, 0.25) is 0 Å². The van der Waals surface area contributed by atoms with Gasteiger partial charge in [0.05, 0.1) is 17.6 Å². The second kappa shape index (κ2) is 7.30. The van der Waals surface area contributed by atoms with Crippen LogP contribution in [0.4, 0.5) is 0 Å². The van der Waals surface area contributed by atoms with E-state index in [-0.39, 0.29) is 0 Å². The van der Waals surface area contributed by atoms with Gasteiger partial charge in [-0.3, -0.25) is 0 Å². The standard InChI is InChI=1S/C17H12ClNO3/c18-15-5-3-13(4-6-15)14(10-19)9-12-1-7-16(8-2-12)22-11-17(20)21/h1-9H,11H2,(H,20,21)/p-1/b14-9-. The molecule has 0 bridgehead atoms. The molecule has 0 amide bonds. The number of aliphatic carboxylic acids is 1. The van der Waals surface area contributed by atoms with Crippen LogP contribution in [0, 0.1) is 11.3 Å². The van der Waals surface area contributed by atoms with Crippen molar-refractivity contribution in [1.29, 1.82) is 5.26 Å². The molecule has 22 heavy (non-hydrogen) atoms. The van der Waals surface area contributed by atoms with Crippen molar-refractivity contribution in [1.82, 2.24) is 0 Å². The third kappa shape index (κ3) is 4.37. The van der Waals surface area contributed by atoms with Gasteiger partial charge in [-0.05, 0) is 41.5 Å². The molecule has 5 heteroatoms. The van der Waals surface area contributed by atoms with Gasteiger partial charge in [-0.2, -0.15) is 5.26 Å². The molecule has 0 aliphatic carbocycles. The van der Waals surface area contributed by atoms with E-state index in [1.54, 1.807) is 54.6 Å². The van der Waals surface area contributed by atoms with Crippen molar-refractivity contribution in [2.45, 2.75) is 0 Å². The minimum Gasteiger partial charge on any atom is -0.546 e. The lowest BCUT2D eigenvalue weighted by Crippen LogP contribution is -2.28. The largest absolute Gasteiger partial charge is 0.546 e. The summed E-state index contributed by atoms with van der Waals surface area (Å²) in [6, 6.07) is 15.9. The molecule has 0 saturated heterocycles. The molecule has 0 unspecified atom stereocenters. The first-order valence-corrected chi connectivity index (χ1v) is 6.77. The number of hydrogen-bond acceptors (Lipinski definition) is 4. The minimum atomic E-state index is -1.28. The summed E-state index contributed by atoms with van der Waals surface area (Å²) in [7, 11) is 0. The van der Waals surface area contributed by atoms with Crippen molar-refractivity contribution >= 4 is 29.2 Å². The highest BCUT2D eigenvalue weighted by Crippen LogP contribution is 2.21. The Morgan fingerprint density at radius 3 is 2.36 bits per heavy atom. The van der Waals surface area contributed by atoms with Gasteiger partial charge in [-0.15, -0.1) is 0 Å². The van der Waals surface area contributed by atoms with E-state index in [9.17, 15) is 15.2 Å². The van der Waals surface area contributed by atoms with Gasteiger partial charge in [-0.1, -0.05) is 35.9 Å². The molecule has 2 aromatic carbocycles. The number of ether oxygens (including phenoxy) is 1. The first-order chi connectivity index (χ1) is 10.6. The number of halogens is 1. The molecule has 0 fully saturated rings. The molecule has 0 aromatic heterocycles. The Morgan fingerprint density at radius 2 is 1.82 bits per heavy atom. The van der Waals surface area contributed by atoms with Crippen molar-refractivity contribution in [2.75, 3.05) is 6.61 Å². The summed E-state index contributed by atoms with van der Waals surface area (Å²) in [5, 5.41) is 20.2. The van der Waals surface area contributed by atoms with E-state index in [0.29, 0.717) is 16.3 Å². The van der Waals surface area contributed by atoms with Crippen LogP contribution < -0.4 is 9.84 Å². The van der Waals surface area contributed by atoms with Crippen LogP contribution in [0.3, 0.4) is 0 Å². The summed E-state index contributed by atoms with van der Waals surface area (Å²) in [5.74, 6) is -0.857. The van der Waals surface area contributed by atoms with E-state index in [0.717, 1.165) is 11.1 Å². The van der Waals surface area contributed by atoms with E-state index < -0.39 is 12.6 Å². The Bertz CT molecular complexity index is 728. The van der Waals surface area contributed by atoms with E-state index in [4.69, 9.17) is 16.3 Å². The van der Waals surface area contributed by atoms with Crippen LogP contribution in [0.5, 0.6) is 5.75 Å². The highest BCUT2D eigenvalue weighted by atomic mass is 35.5. The predicted octanol–water partition coefficient (Wildman–Crippen LogP) is 2.53. The van der Waals surface area contributed by atoms with Gasteiger partial charge in [0.25, 0.3) is 0 Å². The summed E-state index contributed by atoms with van der Waals surface area (Å²) in [5.41, 5.74) is 2.07. The van der Waals surface area contributed by atoms with Crippen LogP contribution in [-0.4, -0.2) is 12.6 Å². The molecule has 0 heterocycles. The maximum Gasteiger partial charge on any atom is 0.128 e. The summed E-state index contributed by atoms with van der Waals surface area (Å²) in [6.45, 7) is -0.497. The van der Waals surface area contributed by atoms with Gasteiger partial charge in [-0.25, -0.2) is 0 Å². The van der Waals surface area contributed by atoms with Gasteiger partial charge in [0, 0.05) is 5.02 Å². The molecular formula is C17H11ClNO3-. The van der Waals surface area contributed by atoms with Crippen LogP contribution in [-0.2, 0) is 4.79 Å². The summed E-state index contributed by atoms with van der Waals surface area (Å²) < 4.78 is 4.99. The van der Waals surface area contributed by atoms with Gasteiger partial charge in [0.1, 0.15) is 12.4 Å². The zero-order chi connectivity index (χ0) is 15.9. The molecule has 2 rings (SSSR count). The first kappa shape index (κ1) is 15.6. The van der Waals surface area contributed by atoms with E-state index >= 15 is 0 Å². The SMILES string of the molecule is N#C/C(=C/c1ccc(OCC(=O)[O-])cc1)c1ccc(Cl)cc1. The highest BCUT2D eigenvalue weighted by molar-refractivity contribution is 6.30. The molecule has 0 N–H and O–H groups in total. The van der Waals surface area contributed by atoms with Crippen LogP contribution in [0.25, 0.3) is 11.6 Å². The molecule has 0 aliphatic rings. The summed E-state index contributed by atoms with van der Waals surface area (Å²) in [4.78, 5) is 10.3. The molecule has 2 aromatic rings. The molecular weight excluding hydrogens is 302 g/mol. The third-order valence-electron chi connectivity index (χ3n) is 2.82. The predicted molar refractivity (Wildman–Crippen MR) is 81.9 cm³/mol. The van der Waals surface area contributed by atoms with Crippen molar-refractivity contribution in [2.24, 2.45) is 0 Å². The topological polar surface area (TPSA) is 73.1 Å². The summed E-state index contributed by atoms with van der Waals surface area (Å²) in [6.07, 6.45) is 1.73. The van der Waals surface area contributed by atoms with Crippen LogP contribution in [0.15, 0.2) is 48.5 Å². The Kier molecular flexibility index (Phi) is 5.18. The molecule has 0 aliphatic heterocycles. The van der Waals surface area contributed by atoms with Crippen LogP contribution in [0.2, 0.25) is 5.02 Å². The van der Waals surface area contributed by atoms with Gasteiger partial charge >= 0.3 is 0 Å². The van der Waals surface area contributed by atoms with E-state index in [1.165, 1.54) is 0 Å². The van der Waals surface area contributed by atoms with E-state index in [1.807, 2.05) is 0 Å². The highest BCUT2D eigenvalue weighted by Gasteiger charge is 2.01. The Balaban J connectivity index is 2.18. The second-order valence-electron chi connectivity index (χ2n) is 4.41. The number of rotatable bonds is 5. The van der Waals surface area contributed by atoms with E-state index in [2.05, 4.69) is 6.07 Å². The number of carbonyl (C=O) groups is 1. The molecule has 0 radical (unpaired) electrons. The average Bonchev–Trinajstić information content (AvgIpc) is 2.52. The van der Waals surface area contributed by atoms with Crippen molar-refractivity contribution in [3.8, 4) is 11.8 Å². The molecule has 4 nitrogen and oxygen atoms in total. The molecule has 0 saturated carbocycles. The fraction of sp³-hybridized carbons (Fsp3) is 0.0588. The van der Waals surface area contributed by atoms with Gasteiger partial charge in [0.15, 0.2) is 0 Å². The van der Waals surface area contributed by atoms with Crippen LogP contribution >= 0.6 is 11.6 Å². The zero-order valence-electron chi connectivity index (χ0n) is 11.5. The lowest BCUT2D eigenvalue weighted by atomic mass is 10.0. The Labute approximate surface area is 132 Å². The van der Waals surface area contributed by atoms with Crippen molar-refractivity contribution in [3.05, 3.63) is 64.7 Å². The number of carboxylic acid groups (broad SMARTS) is 1. The lowest BCUT2D eigenvalue weighted by Gasteiger charge is -2.06. The maximum atomic E-state index is 10.3. The fourth-order valence-electron chi connectivity index (χ4n) is 1.78. The maximum absolute atomic E-state index is 10.3. The quantitative estimate of drug-likeness (QED) is 0.628. The Hall–Kier alpha value is -2.77. The number of hydrogen-bond donors (Lipinski definition) is 0. The number of carbonyl (C=O) groups excluding carboxylic acids is 1. The monoisotopic (exact) mass is 312 g/mol. The van der Waals surface area contributed by atoms with Crippen LogP contribution in [0.1, 0.15) is 11.1 Å². The third-order valence-corrected chi connectivity index (χ3v) is 3.08. The molecule has 110 valence electrons. The van der Waals surface area contributed by atoms with Gasteiger partial charge < -0.3 is 14.6 Å². The first-order valence-electron chi connectivity index (χ1n) is 6.39. The number of carboxylic acids is 1. The second-order valence-corrected chi connectivity index (χ2v) is 4.84. The summed E-state index contributed by atoms with van der Waals surface area (Å²) >= 11 is 5.83.